The van der Waals surface area contributed by atoms with E-state index in [4.69, 9.17) is 15.2 Å². The standard InChI is InChI=1S/C9H6N4O5/c10-4-6(12(14)15)9(7(5-11)13(16)17)8-2-1-3-18-8/h1-3,9-11H. The van der Waals surface area contributed by atoms with E-state index in [1.165, 1.54) is 30.1 Å². The molecule has 1 aromatic rings. The monoisotopic (exact) mass is 250 g/mol. The Bertz CT molecular complexity index is 542. The van der Waals surface area contributed by atoms with Gasteiger partial charge in [0.25, 0.3) is 0 Å². The Labute approximate surface area is 99.3 Å². The van der Waals surface area contributed by atoms with Gasteiger partial charge in [-0.25, -0.2) is 0 Å². The first kappa shape index (κ1) is 13.0. The minimum atomic E-state index is -1.60. The Morgan fingerprint density at radius 3 is 2.00 bits per heavy atom. The molecule has 1 rings (SSSR count). The molecule has 0 spiro atoms. The van der Waals surface area contributed by atoms with Crippen molar-refractivity contribution < 1.29 is 14.3 Å². The van der Waals surface area contributed by atoms with Gasteiger partial charge in [-0.2, -0.15) is 0 Å². The van der Waals surface area contributed by atoms with E-state index in [2.05, 4.69) is 0 Å². The van der Waals surface area contributed by atoms with Crippen LogP contribution in [0.2, 0.25) is 0 Å². The molecule has 0 saturated heterocycles. The summed E-state index contributed by atoms with van der Waals surface area (Å²) in [5.74, 6) is 1.31. The van der Waals surface area contributed by atoms with Gasteiger partial charge < -0.3 is 4.42 Å². The molecule has 1 aromatic heterocycles. The van der Waals surface area contributed by atoms with Crippen molar-refractivity contribution in [2.45, 2.75) is 5.92 Å². The van der Waals surface area contributed by atoms with E-state index < -0.39 is 27.2 Å². The van der Waals surface area contributed by atoms with Crippen LogP contribution in [0.15, 0.2) is 34.2 Å². The van der Waals surface area contributed by atoms with Crippen molar-refractivity contribution in [1.82, 2.24) is 0 Å². The van der Waals surface area contributed by atoms with Crippen LogP contribution in [0.4, 0.5) is 0 Å². The van der Waals surface area contributed by atoms with Gasteiger partial charge in [-0.05, 0) is 12.1 Å². The maximum Gasteiger partial charge on any atom is 0.328 e. The number of nitro groups is 2. The van der Waals surface area contributed by atoms with E-state index in [-0.39, 0.29) is 5.76 Å². The van der Waals surface area contributed by atoms with Crippen molar-refractivity contribution in [3.8, 4) is 0 Å². The minimum Gasteiger partial charge on any atom is -0.468 e. The summed E-state index contributed by atoms with van der Waals surface area (Å²) in [6, 6.07) is 2.65. The van der Waals surface area contributed by atoms with Crippen LogP contribution in [0.25, 0.3) is 0 Å². The zero-order valence-corrected chi connectivity index (χ0v) is 8.75. The van der Waals surface area contributed by atoms with Crippen LogP contribution in [0.3, 0.4) is 0 Å². The van der Waals surface area contributed by atoms with E-state index in [0.717, 1.165) is 0 Å². The van der Waals surface area contributed by atoms with Crippen molar-refractivity contribution in [1.29, 1.82) is 10.8 Å². The number of nitrogens with one attached hydrogen (secondary N) is 2. The molecule has 0 fully saturated rings. The summed E-state index contributed by atoms with van der Waals surface area (Å²) >= 11 is 0. The van der Waals surface area contributed by atoms with E-state index >= 15 is 0 Å². The molecule has 9 nitrogen and oxygen atoms in total. The molecule has 0 amide bonds. The van der Waals surface area contributed by atoms with E-state index in [0.29, 0.717) is 0 Å². The summed E-state index contributed by atoms with van der Waals surface area (Å²) in [6.45, 7) is 0. The number of rotatable bonds is 5. The lowest BCUT2D eigenvalue weighted by Crippen LogP contribution is -2.18. The van der Waals surface area contributed by atoms with Gasteiger partial charge in [0.15, 0.2) is 0 Å². The number of furan rings is 1. The van der Waals surface area contributed by atoms with E-state index in [1.54, 1.807) is 0 Å². The van der Waals surface area contributed by atoms with E-state index in [1.807, 2.05) is 0 Å². The SMILES string of the molecule is N=C=C(C(C(=C=N)[N+](=O)[O-])c1ccco1)[N+](=O)[O-]. The van der Waals surface area contributed by atoms with Crippen molar-refractivity contribution in [3.63, 3.8) is 0 Å². The Balaban J connectivity index is 3.46. The molecule has 1 heterocycles. The van der Waals surface area contributed by atoms with Crippen molar-refractivity contribution >= 4 is 11.7 Å². The Hall–Kier alpha value is -3.02. The average Bonchev–Trinajstić information content (AvgIpc) is 2.81. The second-order valence-corrected chi connectivity index (χ2v) is 2.98. The predicted molar refractivity (Wildman–Crippen MR) is 57.9 cm³/mol. The predicted octanol–water partition coefficient (Wildman–Crippen LogP) is 1.18. The van der Waals surface area contributed by atoms with Crippen molar-refractivity contribution in [3.05, 3.63) is 55.8 Å². The molecule has 0 aliphatic carbocycles. The lowest BCUT2D eigenvalue weighted by Gasteiger charge is -2.05. The van der Waals surface area contributed by atoms with Gasteiger partial charge in [-0.15, -0.1) is 0 Å². The number of hydrogen-bond acceptors (Lipinski definition) is 7. The quantitative estimate of drug-likeness (QED) is 0.457. The fraction of sp³-hybridized carbons (Fsp3) is 0.111. The highest BCUT2D eigenvalue weighted by Crippen LogP contribution is 2.30. The molecule has 0 aliphatic rings. The normalized spacial score (nSPS) is 10.9. The average molecular weight is 250 g/mol. The zero-order chi connectivity index (χ0) is 13.7. The fourth-order valence-corrected chi connectivity index (χ4v) is 1.30. The second kappa shape index (κ2) is 5.35. The first-order chi connectivity index (χ1) is 8.52. The van der Waals surface area contributed by atoms with Crippen molar-refractivity contribution in [2.24, 2.45) is 0 Å². The molecule has 0 aromatic carbocycles. The van der Waals surface area contributed by atoms with E-state index in [9.17, 15) is 20.2 Å². The molecule has 0 bridgehead atoms. The molecule has 0 radical (unpaired) electrons. The van der Waals surface area contributed by atoms with Crippen LogP contribution in [-0.2, 0) is 0 Å². The Morgan fingerprint density at radius 1 is 1.22 bits per heavy atom. The van der Waals surface area contributed by atoms with Crippen LogP contribution in [-0.4, -0.2) is 21.6 Å². The maximum absolute atomic E-state index is 10.7. The van der Waals surface area contributed by atoms with Gasteiger partial charge in [0.2, 0.25) is 5.92 Å². The van der Waals surface area contributed by atoms with Crippen molar-refractivity contribution in [2.75, 3.05) is 0 Å². The maximum atomic E-state index is 10.7. The smallest absolute Gasteiger partial charge is 0.328 e. The van der Waals surface area contributed by atoms with Gasteiger partial charge in [0.1, 0.15) is 5.76 Å². The number of nitrogens with zero attached hydrogens (tertiary/aromatic N) is 2. The summed E-state index contributed by atoms with van der Waals surface area (Å²) in [4.78, 5) is 19.5. The van der Waals surface area contributed by atoms with Crippen LogP contribution in [0.1, 0.15) is 11.7 Å². The highest BCUT2D eigenvalue weighted by Gasteiger charge is 2.40. The summed E-state index contributed by atoms with van der Waals surface area (Å²) in [5, 5.41) is 35.1. The van der Waals surface area contributed by atoms with Gasteiger partial charge in [-0.1, -0.05) is 0 Å². The largest absolute Gasteiger partial charge is 0.468 e. The summed E-state index contributed by atoms with van der Waals surface area (Å²) < 4.78 is 4.86. The molecule has 0 aliphatic heterocycles. The molecule has 92 valence electrons. The van der Waals surface area contributed by atoms with Crippen LogP contribution >= 0.6 is 0 Å². The zero-order valence-electron chi connectivity index (χ0n) is 8.75. The third-order valence-corrected chi connectivity index (χ3v) is 2.02. The van der Waals surface area contributed by atoms with Crippen LogP contribution in [0, 0.1) is 31.0 Å². The summed E-state index contributed by atoms with van der Waals surface area (Å²) in [7, 11) is 0. The molecular weight excluding hydrogens is 244 g/mol. The van der Waals surface area contributed by atoms with Gasteiger partial charge >= 0.3 is 11.4 Å². The molecule has 2 N–H and O–H groups in total. The topological polar surface area (TPSA) is 147 Å². The Morgan fingerprint density at radius 2 is 1.72 bits per heavy atom. The molecule has 9 heteroatoms. The van der Waals surface area contributed by atoms with Gasteiger partial charge in [0.05, 0.1) is 27.8 Å². The molecule has 0 saturated carbocycles. The first-order valence-corrected chi connectivity index (χ1v) is 4.44. The molecule has 0 unspecified atom stereocenters. The lowest BCUT2D eigenvalue weighted by molar-refractivity contribution is -0.451. The summed E-state index contributed by atoms with van der Waals surface area (Å²) in [5.41, 5.74) is -1.78. The first-order valence-electron chi connectivity index (χ1n) is 4.44. The lowest BCUT2D eigenvalue weighted by atomic mass is 10.00. The third-order valence-electron chi connectivity index (χ3n) is 2.02. The fourth-order valence-electron chi connectivity index (χ4n) is 1.30. The van der Waals surface area contributed by atoms with Crippen LogP contribution < -0.4 is 0 Å². The molecular formula is C9H6N4O5. The summed E-state index contributed by atoms with van der Waals surface area (Å²) in [6.07, 6.45) is 1.17. The number of hydrogen-bond donors (Lipinski definition) is 2. The molecule has 0 atom stereocenters. The highest BCUT2D eigenvalue weighted by molar-refractivity contribution is 5.62. The third kappa shape index (κ3) is 2.38. The highest BCUT2D eigenvalue weighted by atomic mass is 16.6. The van der Waals surface area contributed by atoms with Gasteiger partial charge in [0, 0.05) is 0 Å². The second-order valence-electron chi connectivity index (χ2n) is 2.98. The molecule has 18 heavy (non-hydrogen) atoms. The minimum absolute atomic E-state index is 0.132. The van der Waals surface area contributed by atoms with Gasteiger partial charge in [-0.3, -0.25) is 31.0 Å². The van der Waals surface area contributed by atoms with Crippen LogP contribution in [0.5, 0.6) is 0 Å². The Kier molecular flexibility index (Phi) is 3.88.